The topological polar surface area (TPSA) is 3.24 Å². The van der Waals surface area contributed by atoms with Crippen molar-refractivity contribution < 1.29 is 0 Å². The summed E-state index contributed by atoms with van der Waals surface area (Å²) < 4.78 is 2.63. The summed E-state index contributed by atoms with van der Waals surface area (Å²) in [4.78, 5) is 2.46. The first-order valence-electron chi connectivity index (χ1n) is 11.5. The van der Waals surface area contributed by atoms with Gasteiger partial charge in [-0.15, -0.1) is 11.3 Å². The van der Waals surface area contributed by atoms with Gasteiger partial charge < -0.3 is 4.90 Å². The molecule has 34 heavy (non-hydrogen) atoms. The molecule has 0 aliphatic rings. The molecule has 0 saturated heterocycles. The van der Waals surface area contributed by atoms with E-state index in [9.17, 15) is 0 Å². The minimum Gasteiger partial charge on any atom is -0.309 e. The van der Waals surface area contributed by atoms with Gasteiger partial charge in [-0.25, -0.2) is 0 Å². The molecular formula is C32H21NS. The van der Waals surface area contributed by atoms with Gasteiger partial charge in [-0.1, -0.05) is 97.1 Å². The van der Waals surface area contributed by atoms with Crippen LogP contribution >= 0.6 is 11.3 Å². The zero-order valence-corrected chi connectivity index (χ0v) is 19.3. The SMILES string of the molecule is c1ccc2c(N(c3cccc4ccccc34)c3cccc4sc5ccccc5c34)cccc2c1. The van der Waals surface area contributed by atoms with Gasteiger partial charge in [-0.2, -0.15) is 0 Å². The lowest BCUT2D eigenvalue weighted by atomic mass is 10.0. The average Bonchev–Trinajstić information content (AvgIpc) is 3.29. The highest BCUT2D eigenvalue weighted by Crippen LogP contribution is 2.47. The Morgan fingerprint density at radius 3 is 1.53 bits per heavy atom. The van der Waals surface area contributed by atoms with Gasteiger partial charge in [0.25, 0.3) is 0 Å². The van der Waals surface area contributed by atoms with Crippen LogP contribution in [0.1, 0.15) is 0 Å². The smallest absolute Gasteiger partial charge is 0.0555 e. The Hall–Kier alpha value is -4.14. The van der Waals surface area contributed by atoms with Crippen molar-refractivity contribution in [3.8, 4) is 0 Å². The third-order valence-corrected chi connectivity index (χ3v) is 7.77. The van der Waals surface area contributed by atoms with E-state index in [1.54, 1.807) is 0 Å². The normalized spacial score (nSPS) is 11.5. The minimum atomic E-state index is 1.19. The van der Waals surface area contributed by atoms with Crippen LogP contribution in [-0.2, 0) is 0 Å². The van der Waals surface area contributed by atoms with E-state index in [1.165, 1.54) is 58.8 Å². The van der Waals surface area contributed by atoms with Gasteiger partial charge in [0.1, 0.15) is 0 Å². The van der Waals surface area contributed by atoms with Gasteiger partial charge in [0, 0.05) is 30.9 Å². The molecule has 0 atom stereocenters. The predicted octanol–water partition coefficient (Wildman–Crippen LogP) is 9.83. The van der Waals surface area contributed by atoms with Crippen molar-refractivity contribution in [3.63, 3.8) is 0 Å². The van der Waals surface area contributed by atoms with E-state index in [-0.39, 0.29) is 0 Å². The molecule has 1 nitrogen and oxygen atoms in total. The van der Waals surface area contributed by atoms with Crippen molar-refractivity contribution >= 4 is 70.1 Å². The summed E-state index contributed by atoms with van der Waals surface area (Å²) in [5.74, 6) is 0. The highest BCUT2D eigenvalue weighted by Gasteiger charge is 2.21. The van der Waals surface area contributed by atoms with Gasteiger partial charge >= 0.3 is 0 Å². The molecule has 0 bridgehead atoms. The molecule has 160 valence electrons. The second-order valence-electron chi connectivity index (χ2n) is 8.58. The second-order valence-corrected chi connectivity index (χ2v) is 9.66. The van der Waals surface area contributed by atoms with Gasteiger partial charge in [0.15, 0.2) is 0 Å². The first kappa shape index (κ1) is 19.3. The van der Waals surface area contributed by atoms with Crippen LogP contribution < -0.4 is 4.90 Å². The Bertz CT molecular complexity index is 1740. The summed E-state index contributed by atoms with van der Waals surface area (Å²) in [6, 6.07) is 46.0. The molecule has 0 radical (unpaired) electrons. The number of fused-ring (bicyclic) bond motifs is 5. The highest BCUT2D eigenvalue weighted by atomic mass is 32.1. The summed E-state index contributed by atoms with van der Waals surface area (Å²) in [6.45, 7) is 0. The van der Waals surface area contributed by atoms with Crippen LogP contribution in [0.25, 0.3) is 41.7 Å². The zero-order chi connectivity index (χ0) is 22.5. The van der Waals surface area contributed by atoms with Crippen molar-refractivity contribution in [2.24, 2.45) is 0 Å². The lowest BCUT2D eigenvalue weighted by Gasteiger charge is -2.29. The molecule has 1 aromatic heterocycles. The van der Waals surface area contributed by atoms with Crippen LogP contribution in [0.15, 0.2) is 127 Å². The molecule has 0 aliphatic carbocycles. The van der Waals surface area contributed by atoms with Crippen LogP contribution in [0.4, 0.5) is 17.1 Å². The lowest BCUT2D eigenvalue weighted by Crippen LogP contribution is -2.11. The van der Waals surface area contributed by atoms with E-state index in [0.29, 0.717) is 0 Å². The lowest BCUT2D eigenvalue weighted by molar-refractivity contribution is 1.33. The molecule has 0 N–H and O–H groups in total. The van der Waals surface area contributed by atoms with Gasteiger partial charge in [0.2, 0.25) is 0 Å². The molecule has 7 aromatic rings. The van der Waals surface area contributed by atoms with Crippen LogP contribution in [-0.4, -0.2) is 0 Å². The third-order valence-electron chi connectivity index (χ3n) is 6.64. The number of nitrogens with zero attached hydrogens (tertiary/aromatic N) is 1. The molecule has 1 heterocycles. The Kier molecular flexibility index (Phi) is 4.39. The fourth-order valence-electron chi connectivity index (χ4n) is 5.14. The summed E-state index contributed by atoms with van der Waals surface area (Å²) in [5.41, 5.74) is 3.59. The molecule has 0 fully saturated rings. The van der Waals surface area contributed by atoms with Crippen LogP contribution in [0.5, 0.6) is 0 Å². The second kappa shape index (κ2) is 7.72. The maximum absolute atomic E-state index is 2.46. The molecule has 0 spiro atoms. The Morgan fingerprint density at radius 1 is 0.382 bits per heavy atom. The van der Waals surface area contributed by atoms with Gasteiger partial charge in [0.05, 0.1) is 17.1 Å². The van der Waals surface area contributed by atoms with Crippen molar-refractivity contribution in [2.45, 2.75) is 0 Å². The first-order chi connectivity index (χ1) is 16.9. The van der Waals surface area contributed by atoms with E-state index in [1.807, 2.05) is 11.3 Å². The first-order valence-corrected chi connectivity index (χ1v) is 12.4. The Morgan fingerprint density at radius 2 is 0.853 bits per heavy atom. The molecule has 6 aromatic carbocycles. The zero-order valence-electron chi connectivity index (χ0n) is 18.5. The average molecular weight is 452 g/mol. The highest BCUT2D eigenvalue weighted by molar-refractivity contribution is 7.26. The summed E-state index contributed by atoms with van der Waals surface area (Å²) in [6.07, 6.45) is 0. The van der Waals surface area contributed by atoms with Crippen molar-refractivity contribution in [3.05, 3.63) is 127 Å². The maximum Gasteiger partial charge on any atom is 0.0555 e. The van der Waals surface area contributed by atoms with Crippen LogP contribution in [0.3, 0.4) is 0 Å². The van der Waals surface area contributed by atoms with E-state index in [4.69, 9.17) is 0 Å². The summed E-state index contributed by atoms with van der Waals surface area (Å²) in [5, 5.41) is 7.59. The number of anilines is 3. The van der Waals surface area contributed by atoms with E-state index in [0.717, 1.165) is 0 Å². The summed E-state index contributed by atoms with van der Waals surface area (Å²) >= 11 is 1.86. The Labute approximate surface area is 202 Å². The molecule has 7 rings (SSSR count). The predicted molar refractivity (Wildman–Crippen MR) is 149 cm³/mol. The minimum absolute atomic E-state index is 1.19. The molecular weight excluding hydrogens is 430 g/mol. The number of hydrogen-bond acceptors (Lipinski definition) is 2. The van der Waals surface area contributed by atoms with Crippen molar-refractivity contribution in [2.75, 3.05) is 4.90 Å². The molecule has 0 amide bonds. The van der Waals surface area contributed by atoms with Crippen LogP contribution in [0, 0.1) is 0 Å². The largest absolute Gasteiger partial charge is 0.309 e. The monoisotopic (exact) mass is 451 g/mol. The third kappa shape index (κ3) is 2.93. The fourth-order valence-corrected chi connectivity index (χ4v) is 6.26. The van der Waals surface area contributed by atoms with E-state index in [2.05, 4.69) is 132 Å². The van der Waals surface area contributed by atoms with E-state index >= 15 is 0 Å². The number of benzene rings is 6. The van der Waals surface area contributed by atoms with Gasteiger partial charge in [-0.3, -0.25) is 0 Å². The molecule has 0 aliphatic heterocycles. The molecule has 2 heteroatoms. The molecule has 0 unspecified atom stereocenters. The van der Waals surface area contributed by atoms with Gasteiger partial charge in [-0.05, 0) is 41.1 Å². The quantitative estimate of drug-likeness (QED) is 0.258. The standard InChI is InChI=1S/C32H21NS/c1-3-14-24-22(10-1)12-7-17-27(24)33(28-18-8-13-23-11-2-4-15-25(23)28)29-19-9-21-31-32(29)26-16-5-6-20-30(26)34-31/h1-21H. The maximum atomic E-state index is 2.46. The van der Waals surface area contributed by atoms with Crippen molar-refractivity contribution in [1.29, 1.82) is 0 Å². The van der Waals surface area contributed by atoms with E-state index < -0.39 is 0 Å². The number of thiophene rings is 1. The summed E-state index contributed by atoms with van der Waals surface area (Å²) in [7, 11) is 0. The van der Waals surface area contributed by atoms with Crippen LogP contribution in [0.2, 0.25) is 0 Å². The number of hydrogen-bond donors (Lipinski definition) is 0. The number of rotatable bonds is 3. The Balaban J connectivity index is 1.64. The fraction of sp³-hybridized carbons (Fsp3) is 0. The molecule has 0 saturated carbocycles. The van der Waals surface area contributed by atoms with Crippen molar-refractivity contribution in [1.82, 2.24) is 0 Å².